The van der Waals surface area contributed by atoms with Crippen LogP contribution in [0.3, 0.4) is 0 Å². The minimum absolute atomic E-state index is 0.105. The lowest BCUT2D eigenvalue weighted by Crippen LogP contribution is -2.27. The third-order valence-electron chi connectivity index (χ3n) is 5.27. The van der Waals surface area contributed by atoms with Crippen molar-refractivity contribution in [3.8, 4) is 17.0 Å². The van der Waals surface area contributed by atoms with Gasteiger partial charge in [-0.15, -0.1) is 0 Å². The molecule has 0 unspecified atom stereocenters. The molecule has 7 heteroatoms. The molecule has 0 radical (unpaired) electrons. The highest BCUT2D eigenvalue weighted by atomic mass is 16.5. The molecule has 7 nitrogen and oxygen atoms in total. The highest BCUT2D eigenvalue weighted by molar-refractivity contribution is 5.91. The van der Waals surface area contributed by atoms with Crippen LogP contribution in [0.2, 0.25) is 0 Å². The third kappa shape index (κ3) is 5.55. The van der Waals surface area contributed by atoms with Crippen molar-refractivity contribution in [1.29, 1.82) is 0 Å². The Morgan fingerprint density at radius 2 is 1.78 bits per heavy atom. The summed E-state index contributed by atoms with van der Waals surface area (Å²) in [5.74, 6) is 0.489. The average molecular weight is 435 g/mol. The molecule has 168 valence electrons. The number of hydrogen-bond acceptors (Lipinski definition) is 5. The smallest absolute Gasteiger partial charge is 0.254 e. The van der Waals surface area contributed by atoms with Crippen LogP contribution in [0, 0.1) is 6.92 Å². The molecule has 0 saturated heterocycles. The zero-order valence-electron chi connectivity index (χ0n) is 19.1. The van der Waals surface area contributed by atoms with Crippen LogP contribution in [-0.4, -0.2) is 35.2 Å². The summed E-state index contributed by atoms with van der Waals surface area (Å²) in [6, 6.07) is 14.8. The molecule has 0 bridgehead atoms. The van der Waals surface area contributed by atoms with Crippen LogP contribution in [-0.2, 0) is 11.3 Å². The summed E-state index contributed by atoms with van der Waals surface area (Å²) in [6.07, 6.45) is 1.41. The standard InChI is InChI=1S/C25H30N4O3/c1-5-28(6-2)20-10-13-22(18(4)14-20)27-24(30)16-29-17-26-23(15-25(29)31)19-8-11-21(12-9-19)32-7-3/h8-15,17H,5-7,16H2,1-4H3,(H,27,30). The van der Waals surface area contributed by atoms with E-state index in [0.717, 1.165) is 41.3 Å². The first-order valence-electron chi connectivity index (χ1n) is 10.9. The van der Waals surface area contributed by atoms with Crippen molar-refractivity contribution < 1.29 is 9.53 Å². The van der Waals surface area contributed by atoms with Crippen LogP contribution in [0.4, 0.5) is 11.4 Å². The van der Waals surface area contributed by atoms with E-state index in [4.69, 9.17) is 4.74 Å². The van der Waals surface area contributed by atoms with E-state index in [2.05, 4.69) is 35.1 Å². The number of benzene rings is 2. The number of aryl methyl sites for hydroxylation is 1. The van der Waals surface area contributed by atoms with E-state index in [1.165, 1.54) is 17.0 Å². The van der Waals surface area contributed by atoms with Crippen molar-refractivity contribution in [3.63, 3.8) is 0 Å². The van der Waals surface area contributed by atoms with Crippen LogP contribution >= 0.6 is 0 Å². The van der Waals surface area contributed by atoms with Gasteiger partial charge >= 0.3 is 0 Å². The fraction of sp³-hybridized carbons (Fsp3) is 0.320. The summed E-state index contributed by atoms with van der Waals surface area (Å²) in [4.78, 5) is 31.7. The fourth-order valence-corrected chi connectivity index (χ4v) is 3.51. The predicted molar refractivity (Wildman–Crippen MR) is 128 cm³/mol. The number of amides is 1. The zero-order valence-corrected chi connectivity index (χ0v) is 19.1. The molecule has 1 heterocycles. The molecule has 0 saturated carbocycles. The second-order valence-electron chi connectivity index (χ2n) is 7.42. The number of carbonyl (C=O) groups is 1. The zero-order chi connectivity index (χ0) is 23.1. The monoisotopic (exact) mass is 434 g/mol. The largest absolute Gasteiger partial charge is 0.494 e. The molecule has 0 spiro atoms. The van der Waals surface area contributed by atoms with Crippen LogP contribution in [0.5, 0.6) is 5.75 Å². The van der Waals surface area contributed by atoms with E-state index >= 15 is 0 Å². The Bertz CT molecular complexity index is 1120. The van der Waals surface area contributed by atoms with E-state index in [1.807, 2.05) is 50.2 Å². The Kier molecular flexibility index (Phi) is 7.65. The van der Waals surface area contributed by atoms with Crippen LogP contribution < -0.4 is 20.5 Å². The fourth-order valence-electron chi connectivity index (χ4n) is 3.51. The molecule has 1 N–H and O–H groups in total. The lowest BCUT2D eigenvalue weighted by Gasteiger charge is -2.22. The first kappa shape index (κ1) is 23.1. The molecule has 2 aromatic carbocycles. The SMILES string of the molecule is CCOc1ccc(-c2cc(=O)n(CC(=O)Nc3ccc(N(CC)CC)cc3C)cn2)cc1. The first-order valence-corrected chi connectivity index (χ1v) is 10.9. The van der Waals surface area contributed by atoms with E-state index in [0.29, 0.717) is 12.3 Å². The number of anilines is 2. The molecule has 0 atom stereocenters. The quantitative estimate of drug-likeness (QED) is 0.549. The summed E-state index contributed by atoms with van der Waals surface area (Å²) in [5.41, 5.74) is 3.91. The van der Waals surface area contributed by atoms with Crippen LogP contribution in [0.25, 0.3) is 11.3 Å². The topological polar surface area (TPSA) is 76.5 Å². The molecule has 1 aromatic heterocycles. The molecule has 32 heavy (non-hydrogen) atoms. The van der Waals surface area contributed by atoms with Crippen molar-refractivity contribution >= 4 is 17.3 Å². The number of nitrogens with zero attached hydrogens (tertiary/aromatic N) is 3. The Balaban J connectivity index is 1.68. The molecule has 0 aliphatic carbocycles. The number of carbonyl (C=O) groups excluding carboxylic acids is 1. The van der Waals surface area contributed by atoms with E-state index < -0.39 is 0 Å². The van der Waals surface area contributed by atoms with E-state index in [-0.39, 0.29) is 18.0 Å². The maximum atomic E-state index is 12.5. The van der Waals surface area contributed by atoms with Gasteiger partial charge < -0.3 is 15.0 Å². The van der Waals surface area contributed by atoms with Crippen molar-refractivity contribution in [1.82, 2.24) is 9.55 Å². The molecular formula is C25H30N4O3. The number of aromatic nitrogens is 2. The first-order chi connectivity index (χ1) is 15.4. The highest BCUT2D eigenvalue weighted by Gasteiger charge is 2.10. The number of ether oxygens (including phenoxy) is 1. The van der Waals surface area contributed by atoms with Crippen LogP contribution in [0.1, 0.15) is 26.3 Å². The van der Waals surface area contributed by atoms with Gasteiger partial charge in [0.15, 0.2) is 0 Å². The molecule has 3 rings (SSSR count). The van der Waals surface area contributed by atoms with Crippen molar-refractivity contribution in [2.75, 3.05) is 29.9 Å². The number of hydrogen-bond donors (Lipinski definition) is 1. The molecule has 0 fully saturated rings. The normalized spacial score (nSPS) is 10.6. The third-order valence-corrected chi connectivity index (χ3v) is 5.27. The Hall–Kier alpha value is -3.61. The van der Waals surface area contributed by atoms with Gasteiger partial charge in [0, 0.05) is 36.1 Å². The molecule has 1 amide bonds. The van der Waals surface area contributed by atoms with Gasteiger partial charge in [-0.1, -0.05) is 0 Å². The van der Waals surface area contributed by atoms with Crippen molar-refractivity contribution in [3.05, 3.63) is 70.8 Å². The highest BCUT2D eigenvalue weighted by Crippen LogP contribution is 2.23. The van der Waals surface area contributed by atoms with Gasteiger partial charge in [0.25, 0.3) is 5.56 Å². The summed E-state index contributed by atoms with van der Waals surface area (Å²) < 4.78 is 6.74. The van der Waals surface area contributed by atoms with Crippen molar-refractivity contribution in [2.24, 2.45) is 0 Å². The maximum Gasteiger partial charge on any atom is 0.254 e. The second kappa shape index (κ2) is 10.6. The van der Waals surface area contributed by atoms with Gasteiger partial charge in [0.2, 0.25) is 5.91 Å². The average Bonchev–Trinajstić information content (AvgIpc) is 2.78. The van der Waals surface area contributed by atoms with Gasteiger partial charge in [0.05, 0.1) is 18.6 Å². The Morgan fingerprint density at radius 1 is 1.06 bits per heavy atom. The number of nitrogens with one attached hydrogen (secondary N) is 1. The maximum absolute atomic E-state index is 12.5. The summed E-state index contributed by atoms with van der Waals surface area (Å²) in [6.45, 7) is 10.4. The van der Waals surface area contributed by atoms with Crippen molar-refractivity contribution in [2.45, 2.75) is 34.2 Å². The summed E-state index contributed by atoms with van der Waals surface area (Å²) in [5, 5.41) is 2.89. The molecule has 0 aliphatic rings. The van der Waals surface area contributed by atoms with Gasteiger partial charge in [-0.3, -0.25) is 14.2 Å². The minimum atomic E-state index is -0.285. The predicted octanol–water partition coefficient (Wildman–Crippen LogP) is 4.10. The summed E-state index contributed by atoms with van der Waals surface area (Å²) in [7, 11) is 0. The molecule has 0 aliphatic heterocycles. The number of rotatable bonds is 9. The van der Waals surface area contributed by atoms with Gasteiger partial charge in [-0.25, -0.2) is 4.98 Å². The molecular weight excluding hydrogens is 404 g/mol. The van der Waals surface area contributed by atoms with Gasteiger partial charge in [-0.2, -0.15) is 0 Å². The molecule has 3 aromatic rings. The van der Waals surface area contributed by atoms with Gasteiger partial charge in [-0.05, 0) is 75.7 Å². The van der Waals surface area contributed by atoms with E-state index in [9.17, 15) is 9.59 Å². The van der Waals surface area contributed by atoms with E-state index in [1.54, 1.807) is 0 Å². The lowest BCUT2D eigenvalue weighted by atomic mass is 10.1. The van der Waals surface area contributed by atoms with Gasteiger partial charge in [0.1, 0.15) is 12.3 Å². The second-order valence-corrected chi connectivity index (χ2v) is 7.42. The lowest BCUT2D eigenvalue weighted by molar-refractivity contribution is -0.116. The van der Waals surface area contributed by atoms with Crippen LogP contribution in [0.15, 0.2) is 59.7 Å². The Labute approximate surface area is 188 Å². The minimum Gasteiger partial charge on any atom is -0.494 e. The Morgan fingerprint density at radius 3 is 2.38 bits per heavy atom. The summed E-state index contributed by atoms with van der Waals surface area (Å²) >= 11 is 0.